The van der Waals surface area contributed by atoms with E-state index < -0.39 is 52.8 Å². The fourth-order valence-corrected chi connectivity index (χ4v) is 5.37. The quantitative estimate of drug-likeness (QED) is 0.583. The van der Waals surface area contributed by atoms with E-state index in [1.807, 2.05) is 0 Å². The van der Waals surface area contributed by atoms with Gasteiger partial charge in [0.1, 0.15) is 12.4 Å². The number of halogens is 5. The van der Waals surface area contributed by atoms with E-state index >= 15 is 0 Å². The first-order valence-corrected chi connectivity index (χ1v) is 11.4. The maximum absolute atomic E-state index is 13.7. The Morgan fingerprint density at radius 2 is 1.82 bits per heavy atom. The van der Waals surface area contributed by atoms with Gasteiger partial charge in [0, 0.05) is 51.8 Å². The minimum Gasteiger partial charge on any atom is -0.471 e. The van der Waals surface area contributed by atoms with Crippen LogP contribution in [-0.2, 0) is 23.2 Å². The van der Waals surface area contributed by atoms with E-state index in [4.69, 9.17) is 4.74 Å². The van der Waals surface area contributed by atoms with E-state index in [0.29, 0.717) is 12.4 Å². The van der Waals surface area contributed by atoms with Gasteiger partial charge in [-0.2, -0.15) is 17.5 Å². The van der Waals surface area contributed by atoms with E-state index in [1.165, 1.54) is 17.1 Å². The lowest BCUT2D eigenvalue weighted by atomic mass is 10.0. The number of hydrogen-bond donors (Lipinski definition) is 0. The van der Waals surface area contributed by atoms with Gasteiger partial charge in [-0.1, -0.05) is 0 Å². The molecule has 0 aliphatic carbocycles. The Labute approximate surface area is 186 Å². The first kappa shape index (κ1) is 23.8. The summed E-state index contributed by atoms with van der Waals surface area (Å²) in [6, 6.07) is -0.0407. The van der Waals surface area contributed by atoms with Crippen LogP contribution >= 0.6 is 0 Å². The Balaban J connectivity index is 1.60. The first-order chi connectivity index (χ1) is 15.3. The molecule has 15 heteroatoms. The molecule has 0 aromatic carbocycles. The maximum atomic E-state index is 13.7. The molecule has 2 atom stereocenters. The highest BCUT2D eigenvalue weighted by Crippen LogP contribution is 2.33. The third-order valence-electron chi connectivity index (χ3n) is 5.69. The number of sulfonamides is 1. The van der Waals surface area contributed by atoms with Crippen molar-refractivity contribution in [2.24, 2.45) is 7.05 Å². The number of aromatic nitrogens is 4. The summed E-state index contributed by atoms with van der Waals surface area (Å²) in [5.74, 6) is -3.20. The summed E-state index contributed by atoms with van der Waals surface area (Å²) in [5.41, 5.74) is -1.21. The average Bonchev–Trinajstić information content (AvgIpc) is 3.35. The molecular formula is C18H21F5N6O3S. The number of piperidine rings is 1. The Morgan fingerprint density at radius 1 is 1.12 bits per heavy atom. The number of ether oxygens (including phenoxy) is 1. The van der Waals surface area contributed by atoms with Crippen LogP contribution in [0.2, 0.25) is 0 Å². The lowest BCUT2D eigenvalue weighted by molar-refractivity contribution is -0.141. The SMILES string of the molecule is Cn1cnc(S(=O)(=O)N2CC(Oc3cc(C(F)(F)F)ncn3)C(N3CCC(F)(F)CC3)C2)c1. The van der Waals surface area contributed by atoms with E-state index in [-0.39, 0.29) is 37.1 Å². The molecule has 0 spiro atoms. The van der Waals surface area contributed by atoms with Crippen molar-refractivity contribution in [2.75, 3.05) is 26.2 Å². The van der Waals surface area contributed by atoms with Crippen molar-refractivity contribution in [2.45, 2.75) is 42.1 Å². The highest BCUT2D eigenvalue weighted by molar-refractivity contribution is 7.89. The number of likely N-dealkylation sites (tertiary alicyclic amines) is 1. The van der Waals surface area contributed by atoms with Crippen molar-refractivity contribution < 1.29 is 35.1 Å². The van der Waals surface area contributed by atoms with Crippen LogP contribution in [0.3, 0.4) is 0 Å². The molecule has 4 heterocycles. The molecule has 2 aliphatic heterocycles. The van der Waals surface area contributed by atoms with Crippen molar-refractivity contribution in [3.63, 3.8) is 0 Å². The molecule has 0 amide bonds. The van der Waals surface area contributed by atoms with Crippen LogP contribution in [0.1, 0.15) is 18.5 Å². The van der Waals surface area contributed by atoms with E-state index in [0.717, 1.165) is 4.31 Å². The van der Waals surface area contributed by atoms with E-state index in [9.17, 15) is 30.4 Å². The number of hydrogen-bond acceptors (Lipinski definition) is 7. The van der Waals surface area contributed by atoms with Crippen molar-refractivity contribution in [1.29, 1.82) is 0 Å². The molecule has 0 radical (unpaired) electrons. The molecular weight excluding hydrogens is 475 g/mol. The zero-order chi connectivity index (χ0) is 24.0. The van der Waals surface area contributed by atoms with Crippen molar-refractivity contribution in [3.8, 4) is 5.88 Å². The molecule has 0 bridgehead atoms. The van der Waals surface area contributed by atoms with Gasteiger partial charge in [0.15, 0.2) is 10.7 Å². The lowest BCUT2D eigenvalue weighted by Crippen LogP contribution is -2.51. The van der Waals surface area contributed by atoms with Gasteiger partial charge in [0.25, 0.3) is 15.9 Å². The summed E-state index contributed by atoms with van der Waals surface area (Å²) in [7, 11) is -2.43. The topological polar surface area (TPSA) is 93.5 Å². The molecule has 2 aromatic rings. The van der Waals surface area contributed by atoms with Crippen LogP contribution < -0.4 is 4.74 Å². The smallest absolute Gasteiger partial charge is 0.433 e. The van der Waals surface area contributed by atoms with Gasteiger partial charge in [-0.15, -0.1) is 0 Å². The molecule has 0 N–H and O–H groups in total. The zero-order valence-electron chi connectivity index (χ0n) is 17.4. The summed E-state index contributed by atoms with van der Waals surface area (Å²) < 4.78 is 101. The second-order valence-corrected chi connectivity index (χ2v) is 9.94. The monoisotopic (exact) mass is 496 g/mol. The molecule has 9 nitrogen and oxygen atoms in total. The van der Waals surface area contributed by atoms with Crippen molar-refractivity contribution >= 4 is 10.0 Å². The molecule has 2 saturated heterocycles. The normalized spacial score (nSPS) is 24.8. The van der Waals surface area contributed by atoms with Crippen LogP contribution in [-0.4, -0.2) is 81.4 Å². The van der Waals surface area contributed by atoms with Crippen LogP contribution in [0, 0.1) is 0 Å². The van der Waals surface area contributed by atoms with Crippen LogP contribution in [0.25, 0.3) is 0 Å². The summed E-state index contributed by atoms with van der Waals surface area (Å²) in [4.78, 5) is 12.4. The molecule has 0 saturated carbocycles. The summed E-state index contributed by atoms with van der Waals surface area (Å²) in [5, 5.41) is -0.198. The van der Waals surface area contributed by atoms with Gasteiger partial charge in [0.2, 0.25) is 5.88 Å². The standard InChI is InChI=1S/C18H21F5N6O3S/c1-27-9-16(26-11-27)33(30,31)29-7-12(28-4-2-17(19,20)3-5-28)13(8-29)32-15-6-14(18(21,22)23)24-10-25-15/h6,9-13H,2-5,7-8H2,1H3. The Kier molecular flexibility index (Phi) is 6.07. The predicted octanol–water partition coefficient (Wildman–Crippen LogP) is 1.78. The van der Waals surface area contributed by atoms with Crippen LogP contribution in [0.15, 0.2) is 29.9 Å². The summed E-state index contributed by atoms with van der Waals surface area (Å²) >= 11 is 0. The van der Waals surface area contributed by atoms with Gasteiger partial charge in [0.05, 0.1) is 18.9 Å². The first-order valence-electron chi connectivity index (χ1n) is 10.0. The second-order valence-electron chi connectivity index (χ2n) is 8.05. The van der Waals surface area contributed by atoms with Gasteiger partial charge < -0.3 is 9.30 Å². The number of aryl methyl sites for hydroxylation is 1. The predicted molar refractivity (Wildman–Crippen MR) is 103 cm³/mol. The Morgan fingerprint density at radius 3 is 2.42 bits per heavy atom. The van der Waals surface area contributed by atoms with Gasteiger partial charge >= 0.3 is 6.18 Å². The number of alkyl halides is 5. The Hall–Kier alpha value is -2.39. The van der Waals surface area contributed by atoms with Gasteiger partial charge in [-0.05, 0) is 0 Å². The van der Waals surface area contributed by atoms with Crippen LogP contribution in [0.4, 0.5) is 22.0 Å². The highest BCUT2D eigenvalue weighted by atomic mass is 32.2. The van der Waals surface area contributed by atoms with Crippen molar-refractivity contribution in [1.82, 2.24) is 28.7 Å². The summed E-state index contributed by atoms with van der Waals surface area (Å²) in [6.07, 6.45) is -3.13. The average molecular weight is 496 g/mol. The molecule has 182 valence electrons. The van der Waals surface area contributed by atoms with E-state index in [2.05, 4.69) is 15.0 Å². The number of nitrogens with zero attached hydrogens (tertiary/aromatic N) is 6. The maximum Gasteiger partial charge on any atom is 0.433 e. The van der Waals surface area contributed by atoms with E-state index in [1.54, 1.807) is 11.9 Å². The molecule has 33 heavy (non-hydrogen) atoms. The minimum absolute atomic E-state index is 0.00736. The molecule has 2 aliphatic rings. The number of imidazole rings is 1. The zero-order valence-corrected chi connectivity index (χ0v) is 18.2. The fraction of sp³-hybridized carbons (Fsp3) is 0.611. The van der Waals surface area contributed by atoms with Gasteiger partial charge in [-0.25, -0.2) is 32.2 Å². The molecule has 2 unspecified atom stereocenters. The van der Waals surface area contributed by atoms with Gasteiger partial charge in [-0.3, -0.25) is 4.90 Å². The molecule has 2 fully saturated rings. The third-order valence-corrected chi connectivity index (χ3v) is 7.41. The molecule has 2 aromatic heterocycles. The second kappa shape index (κ2) is 8.43. The summed E-state index contributed by atoms with van der Waals surface area (Å²) in [6.45, 7) is -0.312. The Bertz CT molecular complexity index is 1100. The largest absolute Gasteiger partial charge is 0.471 e. The van der Waals surface area contributed by atoms with Crippen LogP contribution in [0.5, 0.6) is 5.88 Å². The molecule has 4 rings (SSSR count). The third kappa shape index (κ3) is 5.09. The minimum atomic E-state index is -4.72. The lowest BCUT2D eigenvalue weighted by Gasteiger charge is -2.37. The highest BCUT2D eigenvalue weighted by Gasteiger charge is 2.47. The number of rotatable bonds is 5. The fourth-order valence-electron chi connectivity index (χ4n) is 3.94. The van der Waals surface area contributed by atoms with Crippen molar-refractivity contribution in [3.05, 3.63) is 30.6 Å².